The van der Waals surface area contributed by atoms with Gasteiger partial charge in [-0.25, -0.2) is 13.1 Å². The molecule has 3 unspecified atom stereocenters. The Kier molecular flexibility index (Phi) is 6.08. The van der Waals surface area contributed by atoms with Crippen LogP contribution in [0.5, 0.6) is 0 Å². The monoisotopic (exact) mass is 276 g/mol. The molecule has 0 amide bonds. The lowest BCUT2D eigenvalue weighted by Gasteiger charge is -2.18. The van der Waals surface area contributed by atoms with Crippen molar-refractivity contribution in [3.05, 3.63) is 0 Å². The maximum atomic E-state index is 12.0. The van der Waals surface area contributed by atoms with E-state index in [0.717, 1.165) is 18.8 Å². The van der Waals surface area contributed by atoms with Crippen molar-refractivity contribution < 1.29 is 8.42 Å². The summed E-state index contributed by atoms with van der Waals surface area (Å²) in [6.07, 6.45) is 3.54. The van der Waals surface area contributed by atoms with E-state index < -0.39 is 10.0 Å². The highest BCUT2D eigenvalue weighted by Crippen LogP contribution is 2.29. The standard InChI is InChI=1S/C13H28N2O2S/c1-10(2)14-8-12(4)18(16,17)15-9-13-6-5-11(3)7-13/h10-15H,5-9H2,1-4H3. The lowest BCUT2D eigenvalue weighted by Crippen LogP contribution is -2.42. The van der Waals surface area contributed by atoms with Gasteiger partial charge < -0.3 is 5.32 Å². The van der Waals surface area contributed by atoms with Crippen LogP contribution in [0.3, 0.4) is 0 Å². The molecule has 0 aromatic heterocycles. The molecule has 18 heavy (non-hydrogen) atoms. The van der Waals surface area contributed by atoms with E-state index in [1.807, 2.05) is 13.8 Å². The number of nitrogens with one attached hydrogen (secondary N) is 2. The Morgan fingerprint density at radius 3 is 2.39 bits per heavy atom. The molecule has 4 nitrogen and oxygen atoms in total. The van der Waals surface area contributed by atoms with Gasteiger partial charge >= 0.3 is 0 Å². The van der Waals surface area contributed by atoms with Gasteiger partial charge in [-0.15, -0.1) is 0 Å². The fourth-order valence-corrected chi connectivity index (χ4v) is 3.47. The molecule has 3 atom stereocenters. The fraction of sp³-hybridized carbons (Fsp3) is 1.00. The molecule has 108 valence electrons. The molecule has 1 aliphatic carbocycles. The summed E-state index contributed by atoms with van der Waals surface area (Å²) in [6.45, 7) is 9.16. The van der Waals surface area contributed by atoms with Crippen molar-refractivity contribution in [2.45, 2.75) is 58.2 Å². The van der Waals surface area contributed by atoms with E-state index in [2.05, 4.69) is 17.0 Å². The minimum Gasteiger partial charge on any atom is -0.313 e. The second-order valence-corrected chi connectivity index (χ2v) is 8.23. The van der Waals surface area contributed by atoms with Gasteiger partial charge in [-0.05, 0) is 31.6 Å². The van der Waals surface area contributed by atoms with Gasteiger partial charge in [-0.2, -0.15) is 0 Å². The Labute approximate surface area is 112 Å². The minimum atomic E-state index is -3.17. The maximum absolute atomic E-state index is 12.0. The summed E-state index contributed by atoms with van der Waals surface area (Å²) in [6, 6.07) is 0.318. The van der Waals surface area contributed by atoms with Crippen molar-refractivity contribution in [1.82, 2.24) is 10.0 Å². The van der Waals surface area contributed by atoms with Crippen LogP contribution in [0.1, 0.15) is 47.0 Å². The molecule has 0 aromatic rings. The first-order valence-corrected chi connectivity index (χ1v) is 8.57. The number of hydrogen-bond donors (Lipinski definition) is 2. The number of hydrogen-bond acceptors (Lipinski definition) is 3. The van der Waals surface area contributed by atoms with Crippen LogP contribution in [-0.4, -0.2) is 32.8 Å². The Bertz CT molecular complexity index is 341. The van der Waals surface area contributed by atoms with Gasteiger partial charge in [0.2, 0.25) is 10.0 Å². The molecule has 0 spiro atoms. The Morgan fingerprint density at radius 1 is 1.22 bits per heavy atom. The first-order chi connectivity index (χ1) is 8.31. The van der Waals surface area contributed by atoms with Crippen LogP contribution in [0.4, 0.5) is 0 Å². The molecule has 0 aromatic carbocycles. The van der Waals surface area contributed by atoms with Gasteiger partial charge in [-0.1, -0.05) is 27.2 Å². The van der Waals surface area contributed by atoms with Crippen LogP contribution in [0, 0.1) is 11.8 Å². The van der Waals surface area contributed by atoms with Gasteiger partial charge in [-0.3, -0.25) is 0 Å². The summed E-state index contributed by atoms with van der Waals surface area (Å²) in [5.41, 5.74) is 0. The van der Waals surface area contributed by atoms with Crippen LogP contribution in [0.25, 0.3) is 0 Å². The summed E-state index contributed by atoms with van der Waals surface area (Å²) < 4.78 is 26.8. The molecule has 0 bridgehead atoms. The van der Waals surface area contributed by atoms with Crippen molar-refractivity contribution >= 4 is 10.0 Å². The van der Waals surface area contributed by atoms with Crippen LogP contribution in [0.2, 0.25) is 0 Å². The summed E-state index contributed by atoms with van der Waals surface area (Å²) >= 11 is 0. The van der Waals surface area contributed by atoms with Crippen molar-refractivity contribution in [2.24, 2.45) is 11.8 Å². The van der Waals surface area contributed by atoms with E-state index in [4.69, 9.17) is 0 Å². The highest BCUT2D eigenvalue weighted by atomic mass is 32.2. The Hall–Kier alpha value is -0.130. The van der Waals surface area contributed by atoms with Crippen LogP contribution in [0.15, 0.2) is 0 Å². The van der Waals surface area contributed by atoms with Crippen LogP contribution >= 0.6 is 0 Å². The predicted octanol–water partition coefficient (Wildman–Crippen LogP) is 1.73. The predicted molar refractivity (Wildman–Crippen MR) is 76.0 cm³/mol. The van der Waals surface area contributed by atoms with Crippen LogP contribution in [-0.2, 0) is 10.0 Å². The Balaban J connectivity index is 2.34. The molecule has 5 heteroatoms. The highest BCUT2D eigenvalue weighted by molar-refractivity contribution is 7.90. The fourth-order valence-electron chi connectivity index (χ4n) is 2.40. The summed E-state index contributed by atoms with van der Waals surface area (Å²) in [5.74, 6) is 1.28. The van der Waals surface area contributed by atoms with E-state index in [1.165, 1.54) is 6.42 Å². The summed E-state index contributed by atoms with van der Waals surface area (Å²) in [5, 5.41) is 2.79. The highest BCUT2D eigenvalue weighted by Gasteiger charge is 2.25. The van der Waals surface area contributed by atoms with Crippen molar-refractivity contribution in [3.8, 4) is 0 Å². The molecule has 0 radical (unpaired) electrons. The second kappa shape index (κ2) is 6.87. The molecule has 1 saturated carbocycles. The summed E-state index contributed by atoms with van der Waals surface area (Å²) in [4.78, 5) is 0. The van der Waals surface area contributed by atoms with Gasteiger partial charge in [0.1, 0.15) is 0 Å². The molecule has 0 aliphatic heterocycles. The van der Waals surface area contributed by atoms with E-state index in [-0.39, 0.29) is 5.25 Å². The lowest BCUT2D eigenvalue weighted by molar-refractivity contribution is 0.491. The van der Waals surface area contributed by atoms with Gasteiger partial charge in [0, 0.05) is 19.1 Å². The second-order valence-electron chi connectivity index (χ2n) is 6.05. The first-order valence-electron chi connectivity index (χ1n) is 7.03. The molecule has 0 saturated heterocycles. The lowest BCUT2D eigenvalue weighted by atomic mass is 10.1. The van der Waals surface area contributed by atoms with Crippen molar-refractivity contribution in [1.29, 1.82) is 0 Å². The van der Waals surface area contributed by atoms with Gasteiger partial charge in [0.15, 0.2) is 0 Å². The SMILES string of the molecule is CC1CCC(CNS(=O)(=O)C(C)CNC(C)C)C1. The van der Waals surface area contributed by atoms with Crippen LogP contribution < -0.4 is 10.0 Å². The average molecular weight is 276 g/mol. The first kappa shape index (κ1) is 15.9. The topological polar surface area (TPSA) is 58.2 Å². The van der Waals surface area contributed by atoms with Crippen molar-refractivity contribution in [3.63, 3.8) is 0 Å². The van der Waals surface area contributed by atoms with E-state index >= 15 is 0 Å². The smallest absolute Gasteiger partial charge is 0.215 e. The maximum Gasteiger partial charge on any atom is 0.215 e. The zero-order valence-electron chi connectivity index (χ0n) is 12.1. The van der Waals surface area contributed by atoms with Crippen molar-refractivity contribution in [2.75, 3.05) is 13.1 Å². The third-order valence-corrected chi connectivity index (χ3v) is 5.52. The number of sulfonamides is 1. The largest absolute Gasteiger partial charge is 0.313 e. The third kappa shape index (κ3) is 5.24. The normalized spacial score (nSPS) is 26.7. The third-order valence-electron chi connectivity index (χ3n) is 3.72. The van der Waals surface area contributed by atoms with E-state index in [0.29, 0.717) is 25.0 Å². The molecule has 1 fully saturated rings. The summed E-state index contributed by atoms with van der Waals surface area (Å²) in [7, 11) is -3.17. The quantitative estimate of drug-likeness (QED) is 0.744. The molecular weight excluding hydrogens is 248 g/mol. The molecule has 1 rings (SSSR count). The molecular formula is C13H28N2O2S. The zero-order valence-corrected chi connectivity index (χ0v) is 12.9. The Morgan fingerprint density at radius 2 is 1.89 bits per heavy atom. The molecule has 1 aliphatic rings. The zero-order chi connectivity index (χ0) is 13.8. The van der Waals surface area contributed by atoms with E-state index in [9.17, 15) is 8.42 Å². The minimum absolute atomic E-state index is 0.318. The van der Waals surface area contributed by atoms with Gasteiger partial charge in [0.25, 0.3) is 0 Å². The number of rotatable bonds is 7. The average Bonchev–Trinajstić information content (AvgIpc) is 2.69. The van der Waals surface area contributed by atoms with Gasteiger partial charge in [0.05, 0.1) is 5.25 Å². The molecule has 0 heterocycles. The molecule has 2 N–H and O–H groups in total. The van der Waals surface area contributed by atoms with E-state index in [1.54, 1.807) is 6.92 Å².